The lowest BCUT2D eigenvalue weighted by Crippen LogP contribution is -2.02. The average molecular weight is 262 g/mol. The van der Waals surface area contributed by atoms with Crippen LogP contribution < -0.4 is 0 Å². The van der Waals surface area contributed by atoms with E-state index in [4.69, 9.17) is 19.8 Å². The van der Waals surface area contributed by atoms with Crippen molar-refractivity contribution in [1.82, 2.24) is 0 Å². The third-order valence-electron chi connectivity index (χ3n) is 1.68. The Morgan fingerprint density at radius 1 is 1.27 bits per heavy atom. The zero-order valence-corrected chi connectivity index (χ0v) is 10.1. The number of rotatable bonds is 7. The molecular formula is C6H16O7P2. The average Bonchev–Trinajstić information content (AvgIpc) is 1.98. The monoisotopic (exact) mass is 262 g/mol. The smallest absolute Gasteiger partial charge is 0.396 e. The van der Waals surface area contributed by atoms with Crippen LogP contribution in [0.25, 0.3) is 0 Å². The summed E-state index contributed by atoms with van der Waals surface area (Å²) < 4.78 is 25.1. The minimum absolute atomic E-state index is 0.0138. The molecule has 0 bridgehead atoms. The van der Waals surface area contributed by atoms with Crippen LogP contribution in [0.4, 0.5) is 0 Å². The third kappa shape index (κ3) is 9.20. The van der Waals surface area contributed by atoms with Gasteiger partial charge in [-0.2, -0.15) is 0 Å². The molecule has 0 rings (SSSR count). The van der Waals surface area contributed by atoms with Crippen LogP contribution in [0, 0.1) is 5.92 Å². The van der Waals surface area contributed by atoms with Gasteiger partial charge in [0.2, 0.25) is 0 Å². The predicted molar refractivity (Wildman–Crippen MR) is 53.3 cm³/mol. The second-order valence-corrected chi connectivity index (χ2v) is 6.72. The molecule has 15 heavy (non-hydrogen) atoms. The quantitative estimate of drug-likeness (QED) is 0.497. The number of phosphoric acid groups is 1. The molecular weight excluding hydrogens is 246 g/mol. The molecule has 2 atom stereocenters. The summed E-state index contributed by atoms with van der Waals surface area (Å²) in [6.45, 7) is 1.72. The first-order valence-electron chi connectivity index (χ1n) is 4.36. The topological polar surface area (TPSA) is 124 Å². The highest BCUT2D eigenvalue weighted by molar-refractivity contribution is 7.63. The van der Waals surface area contributed by atoms with Crippen LogP contribution in [0.15, 0.2) is 0 Å². The first-order chi connectivity index (χ1) is 6.66. The van der Waals surface area contributed by atoms with Gasteiger partial charge >= 0.3 is 15.4 Å². The molecule has 0 aromatic rings. The maximum atomic E-state index is 11.1. The van der Waals surface area contributed by atoms with Crippen LogP contribution in [-0.2, 0) is 13.4 Å². The van der Waals surface area contributed by atoms with Crippen molar-refractivity contribution in [3.63, 3.8) is 0 Å². The van der Waals surface area contributed by atoms with E-state index in [0.717, 1.165) is 0 Å². The molecule has 0 fully saturated rings. The summed E-state index contributed by atoms with van der Waals surface area (Å²) >= 11 is 0. The van der Waals surface area contributed by atoms with Gasteiger partial charge in [-0.05, 0) is 18.8 Å². The van der Waals surface area contributed by atoms with E-state index < -0.39 is 15.4 Å². The summed E-state index contributed by atoms with van der Waals surface area (Å²) in [6, 6.07) is 0. The maximum absolute atomic E-state index is 11.1. The Kier molecular flexibility index (Phi) is 6.21. The van der Waals surface area contributed by atoms with Gasteiger partial charge in [-0.25, -0.2) is 8.88 Å². The summed E-state index contributed by atoms with van der Waals surface area (Å²) in [7, 11) is -9.15. The lowest BCUT2D eigenvalue weighted by atomic mass is 10.1. The second kappa shape index (κ2) is 6.11. The van der Waals surface area contributed by atoms with Crippen molar-refractivity contribution in [3.8, 4) is 0 Å². The molecule has 0 amide bonds. The van der Waals surface area contributed by atoms with Gasteiger partial charge in [0.25, 0.3) is 0 Å². The normalized spacial score (nSPS) is 18.5. The Hall–Kier alpha value is 0.260. The van der Waals surface area contributed by atoms with Gasteiger partial charge in [-0.3, -0.25) is 4.57 Å². The highest BCUT2D eigenvalue weighted by Gasteiger charge is 2.29. The van der Waals surface area contributed by atoms with Gasteiger partial charge in [0.05, 0.1) is 6.16 Å². The molecule has 0 aromatic heterocycles. The Balaban J connectivity index is 3.95. The fourth-order valence-corrected chi connectivity index (χ4v) is 3.18. The van der Waals surface area contributed by atoms with E-state index >= 15 is 0 Å². The van der Waals surface area contributed by atoms with E-state index in [9.17, 15) is 9.13 Å². The predicted octanol–water partition coefficient (Wildman–Crippen LogP) is 0.690. The second-order valence-electron chi connectivity index (χ2n) is 3.36. The number of aliphatic hydroxyl groups excluding tert-OH is 1. The zero-order chi connectivity index (χ0) is 12.1. The maximum Gasteiger partial charge on any atom is 0.476 e. The van der Waals surface area contributed by atoms with Crippen molar-refractivity contribution in [1.29, 1.82) is 0 Å². The summed E-state index contributed by atoms with van der Waals surface area (Å²) in [5.41, 5.74) is 0. The van der Waals surface area contributed by atoms with E-state index in [1.165, 1.54) is 0 Å². The van der Waals surface area contributed by atoms with Gasteiger partial charge in [0, 0.05) is 6.61 Å². The van der Waals surface area contributed by atoms with Gasteiger partial charge in [-0.15, -0.1) is 0 Å². The molecule has 2 unspecified atom stereocenters. The SMILES string of the molecule is CC(CO)CCCP(=O)(O)OP(=O)(O)O. The zero-order valence-electron chi connectivity index (χ0n) is 8.31. The minimum Gasteiger partial charge on any atom is -0.396 e. The lowest BCUT2D eigenvalue weighted by Gasteiger charge is -2.13. The van der Waals surface area contributed by atoms with E-state index in [-0.39, 0.29) is 25.1 Å². The lowest BCUT2D eigenvalue weighted by molar-refractivity contribution is 0.228. The van der Waals surface area contributed by atoms with Crippen LogP contribution in [0.1, 0.15) is 19.8 Å². The molecule has 0 aromatic carbocycles. The molecule has 0 aliphatic rings. The largest absolute Gasteiger partial charge is 0.476 e. The summed E-state index contributed by atoms with van der Waals surface area (Å²) in [6.07, 6.45) is 0.420. The van der Waals surface area contributed by atoms with Gasteiger partial charge in [0.1, 0.15) is 0 Å². The fourth-order valence-electron chi connectivity index (χ4n) is 0.938. The third-order valence-corrected chi connectivity index (χ3v) is 4.44. The van der Waals surface area contributed by atoms with E-state index in [2.05, 4.69) is 4.31 Å². The summed E-state index contributed by atoms with van der Waals surface area (Å²) in [5.74, 6) is -0.0138. The minimum atomic E-state index is -4.92. The molecule has 0 spiro atoms. The Morgan fingerprint density at radius 2 is 1.80 bits per heavy atom. The molecule has 7 nitrogen and oxygen atoms in total. The van der Waals surface area contributed by atoms with Crippen molar-refractivity contribution in [2.24, 2.45) is 5.92 Å². The van der Waals surface area contributed by atoms with Crippen LogP contribution in [0.3, 0.4) is 0 Å². The molecule has 0 radical (unpaired) electrons. The van der Waals surface area contributed by atoms with Crippen molar-refractivity contribution in [3.05, 3.63) is 0 Å². The fraction of sp³-hybridized carbons (Fsp3) is 1.00. The van der Waals surface area contributed by atoms with E-state index in [1.807, 2.05) is 0 Å². The Bertz CT molecular complexity index is 273. The van der Waals surface area contributed by atoms with Crippen LogP contribution in [-0.4, -0.2) is 32.6 Å². The number of hydrogen-bond donors (Lipinski definition) is 4. The van der Waals surface area contributed by atoms with Crippen molar-refractivity contribution < 1.29 is 33.2 Å². The van der Waals surface area contributed by atoms with Crippen molar-refractivity contribution in [2.45, 2.75) is 19.8 Å². The van der Waals surface area contributed by atoms with Gasteiger partial charge in [0.15, 0.2) is 0 Å². The van der Waals surface area contributed by atoms with Gasteiger partial charge < -0.3 is 19.8 Å². The molecule has 0 heterocycles. The van der Waals surface area contributed by atoms with Crippen LogP contribution in [0.2, 0.25) is 0 Å². The van der Waals surface area contributed by atoms with Crippen LogP contribution in [0.5, 0.6) is 0 Å². The van der Waals surface area contributed by atoms with Crippen LogP contribution >= 0.6 is 15.4 Å². The summed E-state index contributed by atoms with van der Waals surface area (Å²) in [4.78, 5) is 25.7. The molecule has 0 aliphatic heterocycles. The van der Waals surface area contributed by atoms with E-state index in [1.54, 1.807) is 6.92 Å². The molecule has 4 N–H and O–H groups in total. The van der Waals surface area contributed by atoms with Gasteiger partial charge in [-0.1, -0.05) is 6.92 Å². The van der Waals surface area contributed by atoms with Crippen molar-refractivity contribution >= 4 is 15.4 Å². The molecule has 92 valence electrons. The highest BCUT2D eigenvalue weighted by Crippen LogP contribution is 2.57. The highest BCUT2D eigenvalue weighted by atomic mass is 31.3. The standard InChI is InChI=1S/C6H16O7P2/c1-6(5-7)3-2-4-14(8,9)13-15(10,11)12/h6-7H,2-5H2,1H3,(H,8,9)(H2,10,11,12). The first-order valence-corrected chi connectivity index (χ1v) is 7.65. The Morgan fingerprint density at radius 3 is 2.20 bits per heavy atom. The van der Waals surface area contributed by atoms with Crippen molar-refractivity contribution in [2.75, 3.05) is 12.8 Å². The molecule has 0 saturated carbocycles. The van der Waals surface area contributed by atoms with E-state index in [0.29, 0.717) is 6.42 Å². The number of hydrogen-bond acceptors (Lipinski definition) is 4. The Labute approximate surface area is 87.9 Å². The molecule has 0 saturated heterocycles. The molecule has 0 aliphatic carbocycles. The molecule has 9 heteroatoms. The number of aliphatic hydroxyl groups is 1. The first kappa shape index (κ1) is 15.3. The summed E-state index contributed by atoms with van der Waals surface area (Å²) in [5, 5.41) is 8.66.